The monoisotopic (exact) mass is 319 g/mol. The number of rotatable bonds is 5. The normalized spacial score (nSPS) is 14.6. The van der Waals surface area contributed by atoms with Crippen LogP contribution in [0.25, 0.3) is 0 Å². The smallest absolute Gasteiger partial charge is 0.247 e. The van der Waals surface area contributed by atoms with Crippen LogP contribution >= 0.6 is 24.0 Å². The van der Waals surface area contributed by atoms with Gasteiger partial charge in [0.05, 0.1) is 0 Å². The first-order chi connectivity index (χ1) is 8.81. The van der Waals surface area contributed by atoms with Gasteiger partial charge in [-0.3, -0.25) is 9.59 Å². The minimum absolute atomic E-state index is 0. The van der Waals surface area contributed by atoms with Crippen LogP contribution in [0.15, 0.2) is 24.3 Å². The second-order valence-electron chi connectivity index (χ2n) is 4.63. The predicted molar refractivity (Wildman–Crippen MR) is 81.6 cm³/mol. The lowest BCUT2D eigenvalue weighted by Gasteiger charge is -2.29. The van der Waals surface area contributed by atoms with Crippen LogP contribution in [-0.2, 0) is 15.1 Å². The van der Waals surface area contributed by atoms with Gasteiger partial charge in [0.1, 0.15) is 5.54 Å². The highest BCUT2D eigenvalue weighted by molar-refractivity contribution is 6.30. The molecule has 1 rings (SSSR count). The standard InChI is InChI=1S/C13H18ClN3O2.ClH/c1-8(7-15)11(18)17-13(2,12(16)19)9-4-3-5-10(14)6-9;/h3-6,8H,7,15H2,1-2H3,(H2,16,19)(H,17,18);1H. The zero-order chi connectivity index (χ0) is 14.6. The van der Waals surface area contributed by atoms with E-state index in [0.717, 1.165) is 0 Å². The van der Waals surface area contributed by atoms with Crippen molar-refractivity contribution in [1.82, 2.24) is 5.32 Å². The number of carbonyl (C=O) groups excluding carboxylic acids is 2. The van der Waals surface area contributed by atoms with Crippen LogP contribution in [0.2, 0.25) is 5.02 Å². The average molecular weight is 320 g/mol. The van der Waals surface area contributed by atoms with E-state index >= 15 is 0 Å². The molecule has 0 radical (unpaired) electrons. The largest absolute Gasteiger partial charge is 0.367 e. The number of hydrogen-bond donors (Lipinski definition) is 3. The van der Waals surface area contributed by atoms with Crippen LogP contribution in [0.3, 0.4) is 0 Å². The molecule has 7 heteroatoms. The van der Waals surface area contributed by atoms with Crippen LogP contribution in [0.5, 0.6) is 0 Å². The van der Waals surface area contributed by atoms with Crippen LogP contribution in [0.1, 0.15) is 19.4 Å². The topological polar surface area (TPSA) is 98.2 Å². The van der Waals surface area contributed by atoms with E-state index in [1.165, 1.54) is 0 Å². The van der Waals surface area contributed by atoms with Gasteiger partial charge in [-0.25, -0.2) is 0 Å². The van der Waals surface area contributed by atoms with Crippen molar-refractivity contribution in [2.24, 2.45) is 17.4 Å². The Kier molecular flexibility index (Phi) is 6.99. The van der Waals surface area contributed by atoms with Crippen LogP contribution in [0, 0.1) is 5.92 Å². The zero-order valence-electron chi connectivity index (χ0n) is 11.4. The highest BCUT2D eigenvalue weighted by Gasteiger charge is 2.35. The molecule has 0 bridgehead atoms. The molecule has 0 fully saturated rings. The Morgan fingerprint density at radius 1 is 1.45 bits per heavy atom. The van der Waals surface area contributed by atoms with Gasteiger partial charge in [-0.1, -0.05) is 30.7 Å². The molecule has 2 unspecified atom stereocenters. The van der Waals surface area contributed by atoms with Gasteiger partial charge in [-0.05, 0) is 24.6 Å². The van der Waals surface area contributed by atoms with Crippen molar-refractivity contribution in [3.05, 3.63) is 34.9 Å². The molecule has 0 saturated carbocycles. The molecule has 0 spiro atoms. The summed E-state index contributed by atoms with van der Waals surface area (Å²) < 4.78 is 0. The number of primary amides is 1. The fourth-order valence-electron chi connectivity index (χ4n) is 1.55. The van der Waals surface area contributed by atoms with Crippen molar-refractivity contribution in [1.29, 1.82) is 0 Å². The van der Waals surface area contributed by atoms with E-state index in [2.05, 4.69) is 5.32 Å². The highest BCUT2D eigenvalue weighted by atomic mass is 35.5. The van der Waals surface area contributed by atoms with Gasteiger partial charge in [-0.15, -0.1) is 12.4 Å². The minimum Gasteiger partial charge on any atom is -0.367 e. The summed E-state index contributed by atoms with van der Waals surface area (Å²) in [5, 5.41) is 3.10. The van der Waals surface area contributed by atoms with E-state index in [0.29, 0.717) is 10.6 Å². The summed E-state index contributed by atoms with van der Waals surface area (Å²) in [6, 6.07) is 6.65. The fourth-order valence-corrected chi connectivity index (χ4v) is 1.74. The van der Waals surface area contributed by atoms with Gasteiger partial charge in [-0.2, -0.15) is 0 Å². The van der Waals surface area contributed by atoms with Crippen LogP contribution in [-0.4, -0.2) is 18.4 Å². The number of carbonyl (C=O) groups is 2. The highest BCUT2D eigenvalue weighted by Crippen LogP contribution is 2.23. The molecule has 2 amide bonds. The summed E-state index contributed by atoms with van der Waals surface area (Å²) in [7, 11) is 0. The molecule has 0 aliphatic carbocycles. The number of nitrogens with one attached hydrogen (secondary N) is 1. The molecule has 20 heavy (non-hydrogen) atoms. The Hall–Kier alpha value is -1.30. The van der Waals surface area contributed by atoms with E-state index in [4.69, 9.17) is 23.1 Å². The summed E-state index contributed by atoms with van der Waals surface area (Å²) in [5.74, 6) is -1.39. The van der Waals surface area contributed by atoms with Crippen molar-refractivity contribution < 1.29 is 9.59 Å². The number of nitrogens with two attached hydrogens (primary N) is 2. The van der Waals surface area contributed by atoms with E-state index < -0.39 is 17.4 Å². The molecule has 5 nitrogen and oxygen atoms in total. The van der Waals surface area contributed by atoms with Crippen LogP contribution < -0.4 is 16.8 Å². The zero-order valence-corrected chi connectivity index (χ0v) is 12.9. The average Bonchev–Trinajstić information content (AvgIpc) is 2.37. The van der Waals surface area contributed by atoms with Gasteiger partial charge in [0, 0.05) is 17.5 Å². The molecule has 0 aliphatic rings. The summed E-state index contributed by atoms with van der Waals surface area (Å²) >= 11 is 5.90. The lowest BCUT2D eigenvalue weighted by molar-refractivity contribution is -0.133. The second-order valence-corrected chi connectivity index (χ2v) is 5.06. The predicted octanol–water partition coefficient (Wildman–Crippen LogP) is 1.17. The molecular formula is C13H19Cl2N3O2. The molecule has 0 aromatic heterocycles. The minimum atomic E-state index is -1.31. The number of hydrogen-bond acceptors (Lipinski definition) is 3. The van der Waals surface area contributed by atoms with Crippen molar-refractivity contribution in [2.75, 3.05) is 6.54 Å². The van der Waals surface area contributed by atoms with Crippen molar-refractivity contribution in [2.45, 2.75) is 19.4 Å². The molecule has 0 heterocycles. The summed E-state index contributed by atoms with van der Waals surface area (Å²) in [6.07, 6.45) is 0. The molecule has 0 saturated heterocycles. The number of benzene rings is 1. The van der Waals surface area contributed by atoms with E-state index in [9.17, 15) is 9.59 Å². The third-order valence-electron chi connectivity index (χ3n) is 3.07. The first kappa shape index (κ1) is 18.7. The Morgan fingerprint density at radius 3 is 2.50 bits per heavy atom. The summed E-state index contributed by atoms with van der Waals surface area (Å²) in [6.45, 7) is 3.41. The lowest BCUT2D eigenvalue weighted by atomic mass is 9.90. The molecule has 112 valence electrons. The third-order valence-corrected chi connectivity index (χ3v) is 3.30. The van der Waals surface area contributed by atoms with Crippen molar-refractivity contribution in [3.63, 3.8) is 0 Å². The van der Waals surface area contributed by atoms with Gasteiger partial charge in [0.25, 0.3) is 0 Å². The van der Waals surface area contributed by atoms with E-state index in [1.807, 2.05) is 0 Å². The maximum Gasteiger partial charge on any atom is 0.247 e. The maximum atomic E-state index is 11.9. The maximum absolute atomic E-state index is 11.9. The Labute approximate surface area is 129 Å². The first-order valence-corrected chi connectivity index (χ1v) is 6.27. The quantitative estimate of drug-likeness (QED) is 0.759. The van der Waals surface area contributed by atoms with E-state index in [-0.39, 0.29) is 24.9 Å². The summed E-state index contributed by atoms with van der Waals surface area (Å²) in [5.41, 5.74) is 10.1. The number of halogens is 2. The molecule has 5 N–H and O–H groups in total. The second kappa shape index (κ2) is 7.47. The molecular weight excluding hydrogens is 301 g/mol. The Bertz CT molecular complexity index is 496. The van der Waals surface area contributed by atoms with E-state index in [1.54, 1.807) is 38.1 Å². The first-order valence-electron chi connectivity index (χ1n) is 5.89. The fraction of sp³-hybridized carbons (Fsp3) is 0.385. The van der Waals surface area contributed by atoms with Crippen molar-refractivity contribution >= 4 is 35.8 Å². The van der Waals surface area contributed by atoms with Crippen molar-refractivity contribution in [3.8, 4) is 0 Å². The molecule has 1 aromatic rings. The molecule has 2 atom stereocenters. The van der Waals surface area contributed by atoms with Crippen LogP contribution in [0.4, 0.5) is 0 Å². The van der Waals surface area contributed by atoms with Gasteiger partial charge in [0.2, 0.25) is 11.8 Å². The Balaban J connectivity index is 0.00000361. The SMILES string of the molecule is CC(CN)C(=O)NC(C)(C(N)=O)c1cccc(Cl)c1.Cl. The van der Waals surface area contributed by atoms with Gasteiger partial charge >= 0.3 is 0 Å². The van der Waals surface area contributed by atoms with Gasteiger partial charge in [0.15, 0.2) is 0 Å². The number of amides is 2. The lowest BCUT2D eigenvalue weighted by Crippen LogP contribution is -2.54. The molecule has 0 aliphatic heterocycles. The third kappa shape index (κ3) is 4.10. The summed E-state index contributed by atoms with van der Waals surface area (Å²) in [4.78, 5) is 23.6. The van der Waals surface area contributed by atoms with Gasteiger partial charge < -0.3 is 16.8 Å². The molecule has 1 aromatic carbocycles. The Morgan fingerprint density at radius 2 is 2.05 bits per heavy atom.